The van der Waals surface area contributed by atoms with E-state index >= 15 is 0 Å². The Morgan fingerprint density at radius 3 is 1.83 bits per heavy atom. The Kier molecular flexibility index (Phi) is 5.19. The first kappa shape index (κ1) is 16.2. The summed E-state index contributed by atoms with van der Waals surface area (Å²) in [7, 11) is 0. The number of ketones is 1. The van der Waals surface area contributed by atoms with Crippen LogP contribution in [0.15, 0.2) is 91.0 Å². The predicted octanol–water partition coefficient (Wildman–Crippen LogP) is 4.43. The molecule has 3 rings (SSSR count). The summed E-state index contributed by atoms with van der Waals surface area (Å²) in [5.41, 5.74) is 9.33. The van der Waals surface area contributed by atoms with Gasteiger partial charge in [0.2, 0.25) is 0 Å². The van der Waals surface area contributed by atoms with Crippen LogP contribution in [0.2, 0.25) is 0 Å². The molecule has 24 heavy (non-hydrogen) atoms. The van der Waals surface area contributed by atoms with Gasteiger partial charge in [0.05, 0.1) is 0 Å². The molecule has 0 aliphatic rings. The van der Waals surface area contributed by atoms with Crippen LogP contribution < -0.4 is 5.73 Å². The van der Waals surface area contributed by atoms with Crippen molar-refractivity contribution in [2.45, 2.75) is 12.5 Å². The summed E-state index contributed by atoms with van der Waals surface area (Å²) < 4.78 is 0. The van der Waals surface area contributed by atoms with E-state index in [-0.39, 0.29) is 17.7 Å². The third kappa shape index (κ3) is 3.79. The van der Waals surface area contributed by atoms with Crippen molar-refractivity contribution in [3.63, 3.8) is 0 Å². The van der Waals surface area contributed by atoms with Crippen LogP contribution in [0.5, 0.6) is 0 Å². The van der Waals surface area contributed by atoms with Crippen LogP contribution in [0.25, 0.3) is 0 Å². The Hall–Kier alpha value is -2.71. The van der Waals surface area contributed by atoms with Gasteiger partial charge in [-0.3, -0.25) is 4.79 Å². The maximum absolute atomic E-state index is 13.1. The monoisotopic (exact) mass is 315 g/mol. The van der Waals surface area contributed by atoms with Crippen molar-refractivity contribution < 1.29 is 4.79 Å². The fourth-order valence-electron chi connectivity index (χ4n) is 2.97. The number of hydrogen-bond donors (Lipinski definition) is 1. The number of hydrogen-bond acceptors (Lipinski definition) is 2. The molecule has 0 spiro atoms. The second-order valence-electron chi connectivity index (χ2n) is 5.96. The third-order valence-corrected chi connectivity index (χ3v) is 4.31. The number of carbonyl (C=O) groups is 1. The molecule has 0 radical (unpaired) electrons. The summed E-state index contributed by atoms with van der Waals surface area (Å²) in [5.74, 6) is -0.201. The van der Waals surface area contributed by atoms with Gasteiger partial charge in [-0.25, -0.2) is 0 Å². The summed E-state index contributed by atoms with van der Waals surface area (Å²) in [6.07, 6.45) is 0.630. The number of Topliss-reactive ketones (excluding diaryl/α,β-unsaturated/α-hetero) is 1. The maximum Gasteiger partial charge on any atom is 0.168 e. The van der Waals surface area contributed by atoms with E-state index in [4.69, 9.17) is 5.73 Å². The van der Waals surface area contributed by atoms with Gasteiger partial charge >= 0.3 is 0 Å². The molecule has 0 amide bonds. The summed E-state index contributed by atoms with van der Waals surface area (Å²) >= 11 is 0. The molecular weight excluding hydrogens is 294 g/mol. The zero-order chi connectivity index (χ0) is 16.8. The Bertz CT molecular complexity index is 769. The number of nitrogens with two attached hydrogens (primary N) is 1. The molecule has 3 aromatic rings. The van der Waals surface area contributed by atoms with E-state index < -0.39 is 0 Å². The van der Waals surface area contributed by atoms with E-state index in [1.165, 1.54) is 0 Å². The average Bonchev–Trinajstić information content (AvgIpc) is 2.67. The highest BCUT2D eigenvalue weighted by atomic mass is 16.1. The molecule has 0 fully saturated rings. The summed E-state index contributed by atoms with van der Waals surface area (Å²) in [6, 6.07) is 29.0. The highest BCUT2D eigenvalue weighted by Gasteiger charge is 2.27. The van der Waals surface area contributed by atoms with Crippen molar-refractivity contribution in [3.05, 3.63) is 108 Å². The van der Waals surface area contributed by atoms with Crippen LogP contribution in [-0.2, 0) is 6.42 Å². The lowest BCUT2D eigenvalue weighted by atomic mass is 9.83. The lowest BCUT2D eigenvalue weighted by Gasteiger charge is -2.23. The van der Waals surface area contributed by atoms with Gasteiger partial charge < -0.3 is 5.73 Å². The quantitative estimate of drug-likeness (QED) is 0.684. The van der Waals surface area contributed by atoms with E-state index in [0.29, 0.717) is 12.0 Å². The van der Waals surface area contributed by atoms with Gasteiger partial charge in [0.15, 0.2) is 5.78 Å². The molecular formula is C22H21NO. The standard InChI is InChI=1S/C22H21NO/c23-21(18-12-6-2-7-13-18)20(16-17-10-4-1-5-11-17)22(24)19-14-8-3-9-15-19/h1-15,20-21H,16,23H2/t20-,21-/m0/s1. The van der Waals surface area contributed by atoms with Crippen molar-refractivity contribution >= 4 is 5.78 Å². The molecule has 0 saturated carbocycles. The van der Waals surface area contributed by atoms with Gasteiger partial charge in [0.1, 0.15) is 0 Å². The van der Waals surface area contributed by atoms with Crippen LogP contribution in [0, 0.1) is 5.92 Å². The fourth-order valence-corrected chi connectivity index (χ4v) is 2.97. The van der Waals surface area contributed by atoms with Gasteiger partial charge in [-0.05, 0) is 17.5 Å². The Morgan fingerprint density at radius 1 is 0.750 bits per heavy atom. The van der Waals surface area contributed by atoms with Crippen LogP contribution in [-0.4, -0.2) is 5.78 Å². The van der Waals surface area contributed by atoms with Crippen LogP contribution in [0.1, 0.15) is 27.5 Å². The molecule has 2 nitrogen and oxygen atoms in total. The number of benzene rings is 3. The van der Waals surface area contributed by atoms with Crippen molar-refractivity contribution in [3.8, 4) is 0 Å². The zero-order valence-electron chi connectivity index (χ0n) is 13.5. The molecule has 0 aliphatic carbocycles. The van der Waals surface area contributed by atoms with E-state index in [2.05, 4.69) is 0 Å². The van der Waals surface area contributed by atoms with Gasteiger partial charge in [-0.1, -0.05) is 91.0 Å². The highest BCUT2D eigenvalue weighted by Crippen LogP contribution is 2.26. The first-order valence-electron chi connectivity index (χ1n) is 8.19. The normalized spacial score (nSPS) is 13.2. The second-order valence-corrected chi connectivity index (χ2v) is 5.96. The van der Waals surface area contributed by atoms with Gasteiger partial charge in [0.25, 0.3) is 0 Å². The first-order chi connectivity index (χ1) is 11.8. The minimum Gasteiger partial charge on any atom is -0.323 e. The number of rotatable bonds is 6. The van der Waals surface area contributed by atoms with E-state index in [0.717, 1.165) is 11.1 Å². The molecule has 0 aromatic heterocycles. The minimum absolute atomic E-state index is 0.0933. The summed E-state index contributed by atoms with van der Waals surface area (Å²) in [4.78, 5) is 13.1. The number of carbonyl (C=O) groups excluding carboxylic acids is 1. The third-order valence-electron chi connectivity index (χ3n) is 4.31. The summed E-state index contributed by atoms with van der Waals surface area (Å²) in [6.45, 7) is 0. The molecule has 120 valence electrons. The maximum atomic E-state index is 13.1. The SMILES string of the molecule is N[C@@H](c1ccccc1)[C@H](Cc1ccccc1)C(=O)c1ccccc1. The van der Waals surface area contributed by atoms with Crippen molar-refractivity contribution in [1.82, 2.24) is 0 Å². The smallest absolute Gasteiger partial charge is 0.168 e. The van der Waals surface area contributed by atoms with Gasteiger partial charge in [-0.2, -0.15) is 0 Å². The minimum atomic E-state index is -0.334. The lowest BCUT2D eigenvalue weighted by Crippen LogP contribution is -2.30. The van der Waals surface area contributed by atoms with Crippen molar-refractivity contribution in [2.75, 3.05) is 0 Å². The van der Waals surface area contributed by atoms with E-state index in [9.17, 15) is 4.79 Å². The molecule has 2 heteroatoms. The second kappa shape index (κ2) is 7.71. The molecule has 3 aromatic carbocycles. The lowest BCUT2D eigenvalue weighted by molar-refractivity contribution is 0.0899. The zero-order valence-corrected chi connectivity index (χ0v) is 13.5. The van der Waals surface area contributed by atoms with Gasteiger partial charge in [-0.15, -0.1) is 0 Å². The molecule has 0 bridgehead atoms. The van der Waals surface area contributed by atoms with Crippen molar-refractivity contribution in [1.29, 1.82) is 0 Å². The van der Waals surface area contributed by atoms with Crippen LogP contribution >= 0.6 is 0 Å². The van der Waals surface area contributed by atoms with Crippen LogP contribution in [0.3, 0.4) is 0 Å². The Morgan fingerprint density at radius 2 is 1.25 bits per heavy atom. The molecule has 2 N–H and O–H groups in total. The first-order valence-corrected chi connectivity index (χ1v) is 8.19. The average molecular weight is 315 g/mol. The molecule has 0 aliphatic heterocycles. The Balaban J connectivity index is 1.93. The Labute approximate surface area is 143 Å². The molecule has 0 unspecified atom stereocenters. The van der Waals surface area contributed by atoms with E-state index in [1.54, 1.807) is 0 Å². The van der Waals surface area contributed by atoms with E-state index in [1.807, 2.05) is 91.0 Å². The topological polar surface area (TPSA) is 43.1 Å². The highest BCUT2D eigenvalue weighted by molar-refractivity contribution is 5.98. The fraction of sp³-hybridized carbons (Fsp3) is 0.136. The molecule has 0 saturated heterocycles. The van der Waals surface area contributed by atoms with Crippen LogP contribution in [0.4, 0.5) is 0 Å². The molecule has 0 heterocycles. The predicted molar refractivity (Wildman–Crippen MR) is 97.8 cm³/mol. The largest absolute Gasteiger partial charge is 0.323 e. The molecule has 2 atom stereocenters. The van der Waals surface area contributed by atoms with Gasteiger partial charge in [0, 0.05) is 17.5 Å². The summed E-state index contributed by atoms with van der Waals surface area (Å²) in [5, 5.41) is 0. The van der Waals surface area contributed by atoms with Crippen molar-refractivity contribution in [2.24, 2.45) is 11.7 Å².